The van der Waals surface area contributed by atoms with E-state index in [0.717, 1.165) is 11.3 Å². The number of anilines is 2. The molecule has 0 radical (unpaired) electrons. The highest BCUT2D eigenvalue weighted by Gasteiger charge is 2.26. The number of hydrogen-bond acceptors (Lipinski definition) is 4. The van der Waals surface area contributed by atoms with E-state index in [-0.39, 0.29) is 24.2 Å². The van der Waals surface area contributed by atoms with E-state index < -0.39 is 0 Å². The molecule has 6 nitrogen and oxygen atoms in total. The Labute approximate surface area is 165 Å². The second kappa shape index (κ2) is 9.26. The molecule has 0 saturated carbocycles. The summed E-state index contributed by atoms with van der Waals surface area (Å²) >= 11 is 0. The molecule has 3 rings (SSSR count). The minimum Gasteiger partial charge on any atom is -0.494 e. The van der Waals surface area contributed by atoms with Crippen LogP contribution in [-0.4, -0.2) is 25.0 Å². The number of hydrogen-bond donors (Lipinski definition) is 2. The minimum atomic E-state index is -0.207. The van der Waals surface area contributed by atoms with Crippen LogP contribution in [0, 0.1) is 5.92 Å². The molecule has 0 saturated heterocycles. The first kappa shape index (κ1) is 19.7. The lowest BCUT2D eigenvalue weighted by Crippen LogP contribution is -2.30. The molecule has 1 atom stereocenters. The minimum absolute atomic E-state index is 0.0279. The van der Waals surface area contributed by atoms with Crippen molar-refractivity contribution in [2.24, 2.45) is 5.92 Å². The van der Waals surface area contributed by atoms with E-state index in [1.165, 1.54) is 0 Å². The van der Waals surface area contributed by atoms with E-state index in [9.17, 15) is 9.59 Å². The molecule has 148 valence electrons. The lowest BCUT2D eigenvalue weighted by Gasteiger charge is -2.24. The summed E-state index contributed by atoms with van der Waals surface area (Å²) in [5.74, 6) is 0.885. The summed E-state index contributed by atoms with van der Waals surface area (Å²) in [6.45, 7) is 4.84. The maximum atomic E-state index is 12.5. The molecule has 0 spiro atoms. The summed E-state index contributed by atoms with van der Waals surface area (Å²) in [4.78, 5) is 24.8. The van der Waals surface area contributed by atoms with Crippen LogP contribution in [0.15, 0.2) is 42.5 Å². The molecule has 0 aliphatic carbocycles. The number of nitrogens with one attached hydrogen (secondary N) is 2. The van der Waals surface area contributed by atoms with Gasteiger partial charge in [0.2, 0.25) is 11.8 Å². The highest BCUT2D eigenvalue weighted by molar-refractivity contribution is 5.97. The zero-order valence-electron chi connectivity index (χ0n) is 16.3. The average Bonchev–Trinajstić information content (AvgIpc) is 2.68. The van der Waals surface area contributed by atoms with Gasteiger partial charge < -0.3 is 20.1 Å². The first-order chi connectivity index (χ1) is 13.6. The Balaban J connectivity index is 1.61. The summed E-state index contributed by atoms with van der Waals surface area (Å²) < 4.78 is 11.1. The van der Waals surface area contributed by atoms with Gasteiger partial charge >= 0.3 is 0 Å². The van der Waals surface area contributed by atoms with E-state index in [2.05, 4.69) is 10.6 Å². The van der Waals surface area contributed by atoms with Gasteiger partial charge in [0.05, 0.1) is 18.9 Å². The maximum absolute atomic E-state index is 12.5. The standard InChI is InChI=1S/C22H26N2O4/c1-3-27-17-10-11-20(28-4-2)19(14-17)23-21(25)12-9-16-13-15-7-5-6-8-18(15)24-22(16)26/h5-8,10-11,14,16H,3-4,9,12-13H2,1-2H3,(H,23,25)(H,24,26). The molecule has 2 amide bonds. The molecule has 28 heavy (non-hydrogen) atoms. The van der Waals surface area contributed by atoms with E-state index in [1.807, 2.05) is 44.2 Å². The molecule has 2 aromatic rings. The largest absolute Gasteiger partial charge is 0.494 e. The number of carbonyl (C=O) groups excluding carboxylic acids is 2. The van der Waals surface area contributed by atoms with Crippen molar-refractivity contribution >= 4 is 23.2 Å². The first-order valence-electron chi connectivity index (χ1n) is 9.69. The number of amides is 2. The van der Waals surface area contributed by atoms with Gasteiger partial charge in [-0.3, -0.25) is 9.59 Å². The Morgan fingerprint density at radius 3 is 2.71 bits per heavy atom. The molecule has 2 N–H and O–H groups in total. The lowest BCUT2D eigenvalue weighted by molar-refractivity contribution is -0.121. The van der Waals surface area contributed by atoms with Crippen LogP contribution < -0.4 is 20.1 Å². The van der Waals surface area contributed by atoms with Crippen LogP contribution in [0.25, 0.3) is 0 Å². The Morgan fingerprint density at radius 1 is 1.14 bits per heavy atom. The fourth-order valence-corrected chi connectivity index (χ4v) is 3.31. The summed E-state index contributed by atoms with van der Waals surface area (Å²) in [5.41, 5.74) is 2.55. The molecule has 0 aromatic heterocycles. The van der Waals surface area contributed by atoms with E-state index in [1.54, 1.807) is 12.1 Å². The van der Waals surface area contributed by atoms with Crippen molar-refractivity contribution in [2.45, 2.75) is 33.1 Å². The highest BCUT2D eigenvalue weighted by Crippen LogP contribution is 2.31. The molecule has 1 heterocycles. The van der Waals surface area contributed by atoms with Crippen LogP contribution in [0.3, 0.4) is 0 Å². The third-order valence-electron chi connectivity index (χ3n) is 4.67. The van der Waals surface area contributed by atoms with Gasteiger partial charge in [-0.15, -0.1) is 0 Å². The van der Waals surface area contributed by atoms with E-state index in [4.69, 9.17) is 9.47 Å². The Morgan fingerprint density at radius 2 is 1.93 bits per heavy atom. The molecule has 0 bridgehead atoms. The number of fused-ring (bicyclic) bond motifs is 1. The maximum Gasteiger partial charge on any atom is 0.227 e. The summed E-state index contributed by atoms with van der Waals surface area (Å²) in [7, 11) is 0. The van der Waals surface area contributed by atoms with Gasteiger partial charge in [-0.1, -0.05) is 18.2 Å². The van der Waals surface area contributed by atoms with Gasteiger partial charge in [0.15, 0.2) is 0 Å². The third kappa shape index (κ3) is 4.82. The topological polar surface area (TPSA) is 76.7 Å². The van der Waals surface area contributed by atoms with Crippen LogP contribution in [0.1, 0.15) is 32.3 Å². The summed E-state index contributed by atoms with van der Waals surface area (Å²) in [5, 5.41) is 5.82. The van der Waals surface area contributed by atoms with Gasteiger partial charge in [-0.25, -0.2) is 0 Å². The van der Waals surface area contributed by atoms with Crippen molar-refractivity contribution in [3.05, 3.63) is 48.0 Å². The second-order valence-corrected chi connectivity index (χ2v) is 6.66. The van der Waals surface area contributed by atoms with Gasteiger partial charge in [0.1, 0.15) is 11.5 Å². The molecule has 1 unspecified atom stereocenters. The van der Waals surface area contributed by atoms with Gasteiger partial charge in [0.25, 0.3) is 0 Å². The smallest absolute Gasteiger partial charge is 0.227 e. The fraction of sp³-hybridized carbons (Fsp3) is 0.364. The Bertz CT molecular complexity index is 850. The van der Waals surface area contributed by atoms with Crippen LogP contribution in [0.5, 0.6) is 11.5 Å². The number of carbonyl (C=O) groups is 2. The van der Waals surface area contributed by atoms with Crippen LogP contribution in [-0.2, 0) is 16.0 Å². The predicted octanol–water partition coefficient (Wildman–Crippen LogP) is 4.01. The van der Waals surface area contributed by atoms with Crippen molar-refractivity contribution in [2.75, 3.05) is 23.8 Å². The Hall–Kier alpha value is -3.02. The molecule has 0 fully saturated rings. The lowest BCUT2D eigenvalue weighted by atomic mass is 9.89. The first-order valence-corrected chi connectivity index (χ1v) is 9.69. The molecular formula is C22H26N2O4. The van der Waals surface area contributed by atoms with Crippen molar-refractivity contribution in [3.8, 4) is 11.5 Å². The SMILES string of the molecule is CCOc1ccc(OCC)c(NC(=O)CCC2Cc3ccccc3NC2=O)c1. The van der Waals surface area contributed by atoms with Crippen molar-refractivity contribution in [3.63, 3.8) is 0 Å². The van der Waals surface area contributed by atoms with E-state index >= 15 is 0 Å². The molecule has 2 aromatic carbocycles. The number of para-hydroxylation sites is 1. The van der Waals surface area contributed by atoms with Crippen molar-refractivity contribution in [1.82, 2.24) is 0 Å². The van der Waals surface area contributed by atoms with E-state index in [0.29, 0.717) is 43.2 Å². The normalized spacial score (nSPS) is 15.4. The molecule has 6 heteroatoms. The van der Waals surface area contributed by atoms with Gasteiger partial charge in [-0.05, 0) is 50.5 Å². The summed E-state index contributed by atoms with van der Waals surface area (Å²) in [6, 6.07) is 13.1. The van der Waals surface area contributed by atoms with Gasteiger partial charge in [0, 0.05) is 24.1 Å². The van der Waals surface area contributed by atoms with Crippen LogP contribution in [0.4, 0.5) is 11.4 Å². The number of rotatable bonds is 8. The molecule has 1 aliphatic heterocycles. The zero-order valence-corrected chi connectivity index (χ0v) is 16.3. The highest BCUT2D eigenvalue weighted by atomic mass is 16.5. The van der Waals surface area contributed by atoms with Crippen molar-refractivity contribution in [1.29, 1.82) is 0 Å². The van der Waals surface area contributed by atoms with Crippen LogP contribution in [0.2, 0.25) is 0 Å². The number of ether oxygens (including phenoxy) is 2. The second-order valence-electron chi connectivity index (χ2n) is 6.66. The third-order valence-corrected chi connectivity index (χ3v) is 4.67. The number of benzene rings is 2. The predicted molar refractivity (Wildman–Crippen MR) is 109 cm³/mol. The fourth-order valence-electron chi connectivity index (χ4n) is 3.31. The Kier molecular flexibility index (Phi) is 6.53. The quantitative estimate of drug-likeness (QED) is 0.723. The average molecular weight is 382 g/mol. The van der Waals surface area contributed by atoms with Crippen LogP contribution >= 0.6 is 0 Å². The monoisotopic (exact) mass is 382 g/mol. The molecule has 1 aliphatic rings. The summed E-state index contributed by atoms with van der Waals surface area (Å²) in [6.07, 6.45) is 1.39. The van der Waals surface area contributed by atoms with Gasteiger partial charge in [-0.2, -0.15) is 0 Å². The molecular weight excluding hydrogens is 356 g/mol. The zero-order chi connectivity index (χ0) is 19.9. The van der Waals surface area contributed by atoms with Crippen molar-refractivity contribution < 1.29 is 19.1 Å².